The maximum Gasteiger partial charge on any atom is 0.303 e. The molecule has 1 fully saturated rings. The summed E-state index contributed by atoms with van der Waals surface area (Å²) >= 11 is 1.98. The molecule has 17 heavy (non-hydrogen) atoms. The van der Waals surface area contributed by atoms with Crippen molar-refractivity contribution < 1.29 is 9.90 Å². The molecule has 1 unspecified atom stereocenters. The highest BCUT2D eigenvalue weighted by Gasteiger charge is 2.30. The Morgan fingerprint density at radius 3 is 2.59 bits per heavy atom. The van der Waals surface area contributed by atoms with Gasteiger partial charge in [-0.3, -0.25) is 4.79 Å². The minimum absolute atomic E-state index is 0.264. The minimum Gasteiger partial charge on any atom is -0.481 e. The zero-order valence-electron chi connectivity index (χ0n) is 11.0. The van der Waals surface area contributed by atoms with Gasteiger partial charge >= 0.3 is 5.97 Å². The summed E-state index contributed by atoms with van der Waals surface area (Å²) in [6.07, 6.45) is 9.84. The van der Waals surface area contributed by atoms with Gasteiger partial charge in [0.2, 0.25) is 0 Å². The monoisotopic (exact) mass is 259 g/mol. The molecule has 1 aliphatic carbocycles. The van der Waals surface area contributed by atoms with E-state index < -0.39 is 5.97 Å². The van der Waals surface area contributed by atoms with Crippen LogP contribution in [0.1, 0.15) is 51.9 Å². The molecule has 1 aliphatic rings. The van der Waals surface area contributed by atoms with E-state index in [2.05, 4.69) is 18.5 Å². The highest BCUT2D eigenvalue weighted by molar-refractivity contribution is 8.00. The van der Waals surface area contributed by atoms with Gasteiger partial charge in [-0.1, -0.05) is 19.3 Å². The summed E-state index contributed by atoms with van der Waals surface area (Å²) in [7, 11) is 0. The van der Waals surface area contributed by atoms with Gasteiger partial charge in [0.15, 0.2) is 0 Å². The van der Waals surface area contributed by atoms with Crippen LogP contribution in [0, 0.1) is 0 Å². The third-order valence-corrected chi connectivity index (χ3v) is 5.18. The van der Waals surface area contributed by atoms with Crippen LogP contribution < -0.4 is 5.32 Å². The van der Waals surface area contributed by atoms with Crippen LogP contribution >= 0.6 is 11.8 Å². The smallest absolute Gasteiger partial charge is 0.303 e. The molecule has 0 radical (unpaired) electrons. The fraction of sp³-hybridized carbons (Fsp3) is 0.923. The quantitative estimate of drug-likeness (QED) is 0.738. The van der Waals surface area contributed by atoms with Crippen LogP contribution in [0.2, 0.25) is 0 Å². The van der Waals surface area contributed by atoms with E-state index in [0.717, 1.165) is 13.0 Å². The molecule has 0 saturated heterocycles. The first kappa shape index (κ1) is 14.8. The first-order valence-corrected chi connectivity index (χ1v) is 7.81. The van der Waals surface area contributed by atoms with Gasteiger partial charge in [0.1, 0.15) is 0 Å². The molecule has 0 amide bonds. The Labute approximate surface area is 109 Å². The Balaban J connectivity index is 2.28. The molecule has 0 aliphatic heterocycles. The summed E-state index contributed by atoms with van der Waals surface area (Å²) in [5.74, 6) is -0.698. The minimum atomic E-state index is -0.698. The summed E-state index contributed by atoms with van der Waals surface area (Å²) in [5.41, 5.74) is 0. The van der Waals surface area contributed by atoms with Crippen molar-refractivity contribution in [2.24, 2.45) is 0 Å². The van der Waals surface area contributed by atoms with Crippen LogP contribution in [0.15, 0.2) is 0 Å². The van der Waals surface area contributed by atoms with Crippen LogP contribution in [-0.4, -0.2) is 34.7 Å². The number of carboxylic acid groups (broad SMARTS) is 1. The second kappa shape index (κ2) is 7.27. The average molecular weight is 259 g/mol. The number of nitrogens with one attached hydrogen (secondary N) is 1. The Morgan fingerprint density at radius 2 is 2.06 bits per heavy atom. The second-order valence-electron chi connectivity index (χ2n) is 5.16. The molecule has 3 nitrogen and oxygen atoms in total. The number of hydrogen-bond acceptors (Lipinski definition) is 3. The van der Waals surface area contributed by atoms with E-state index in [-0.39, 0.29) is 6.42 Å². The molecule has 0 aromatic carbocycles. The van der Waals surface area contributed by atoms with Crippen molar-refractivity contribution >= 4 is 17.7 Å². The third kappa shape index (κ3) is 5.30. The number of hydrogen-bond donors (Lipinski definition) is 2. The first-order valence-electron chi connectivity index (χ1n) is 6.58. The Kier molecular flexibility index (Phi) is 6.34. The second-order valence-corrected chi connectivity index (χ2v) is 6.44. The van der Waals surface area contributed by atoms with Gasteiger partial charge in [-0.2, -0.15) is 11.8 Å². The SMILES string of the molecule is CSC1(CNC(C)CCC(=O)O)CCCCC1. The summed E-state index contributed by atoms with van der Waals surface area (Å²) in [4.78, 5) is 10.5. The summed E-state index contributed by atoms with van der Waals surface area (Å²) in [5, 5.41) is 12.2. The van der Waals surface area contributed by atoms with E-state index in [0.29, 0.717) is 10.8 Å². The van der Waals surface area contributed by atoms with Crippen LogP contribution in [-0.2, 0) is 4.79 Å². The molecule has 0 spiro atoms. The van der Waals surface area contributed by atoms with E-state index in [1.165, 1.54) is 32.1 Å². The highest BCUT2D eigenvalue weighted by Crippen LogP contribution is 2.38. The molecule has 0 aromatic rings. The van der Waals surface area contributed by atoms with Gasteiger partial charge < -0.3 is 10.4 Å². The molecule has 0 heterocycles. The van der Waals surface area contributed by atoms with E-state index >= 15 is 0 Å². The van der Waals surface area contributed by atoms with Crippen molar-refractivity contribution in [3.8, 4) is 0 Å². The number of rotatable bonds is 7. The number of carboxylic acids is 1. The van der Waals surface area contributed by atoms with Crippen molar-refractivity contribution in [2.75, 3.05) is 12.8 Å². The maximum atomic E-state index is 10.5. The van der Waals surface area contributed by atoms with Gasteiger partial charge in [0, 0.05) is 23.8 Å². The van der Waals surface area contributed by atoms with Gasteiger partial charge in [-0.05, 0) is 32.4 Å². The lowest BCUT2D eigenvalue weighted by molar-refractivity contribution is -0.137. The molecule has 0 aromatic heterocycles. The highest BCUT2D eigenvalue weighted by atomic mass is 32.2. The third-order valence-electron chi connectivity index (χ3n) is 3.76. The molecule has 1 saturated carbocycles. The lowest BCUT2D eigenvalue weighted by Gasteiger charge is -2.37. The standard InChI is InChI=1S/C13H25NO2S/c1-11(6-7-12(15)16)14-10-13(17-2)8-4-3-5-9-13/h11,14H,3-10H2,1-2H3,(H,15,16). The van der Waals surface area contributed by atoms with Gasteiger partial charge in [-0.15, -0.1) is 0 Å². The molecule has 1 rings (SSSR count). The zero-order valence-corrected chi connectivity index (χ0v) is 11.8. The van der Waals surface area contributed by atoms with Crippen molar-refractivity contribution in [2.45, 2.75) is 62.7 Å². The van der Waals surface area contributed by atoms with Crippen LogP contribution in [0.3, 0.4) is 0 Å². The molecular weight excluding hydrogens is 234 g/mol. The normalized spacial score (nSPS) is 21.1. The molecule has 1 atom stereocenters. The van der Waals surface area contributed by atoms with Crippen molar-refractivity contribution in [1.82, 2.24) is 5.32 Å². The fourth-order valence-corrected chi connectivity index (χ4v) is 3.38. The van der Waals surface area contributed by atoms with E-state index in [9.17, 15) is 4.79 Å². The Hall–Kier alpha value is -0.220. The predicted molar refractivity (Wildman–Crippen MR) is 73.7 cm³/mol. The van der Waals surface area contributed by atoms with Gasteiger partial charge in [-0.25, -0.2) is 0 Å². The molecule has 0 bridgehead atoms. The average Bonchev–Trinajstić information content (AvgIpc) is 2.35. The molecule has 4 heteroatoms. The topological polar surface area (TPSA) is 49.3 Å². The largest absolute Gasteiger partial charge is 0.481 e. The first-order chi connectivity index (χ1) is 8.08. The Morgan fingerprint density at radius 1 is 1.41 bits per heavy atom. The summed E-state index contributed by atoms with van der Waals surface area (Å²) < 4.78 is 0.399. The summed E-state index contributed by atoms with van der Waals surface area (Å²) in [6, 6.07) is 0.303. The lowest BCUT2D eigenvalue weighted by Crippen LogP contribution is -2.42. The fourth-order valence-electron chi connectivity index (χ4n) is 2.45. The van der Waals surface area contributed by atoms with Crippen molar-refractivity contribution in [3.63, 3.8) is 0 Å². The zero-order chi connectivity index (χ0) is 12.7. The number of aliphatic carboxylic acids is 1. The van der Waals surface area contributed by atoms with E-state index in [4.69, 9.17) is 5.11 Å². The van der Waals surface area contributed by atoms with Gasteiger partial charge in [0.05, 0.1) is 0 Å². The van der Waals surface area contributed by atoms with E-state index in [1.54, 1.807) is 0 Å². The maximum absolute atomic E-state index is 10.5. The molecule has 100 valence electrons. The predicted octanol–water partition coefficient (Wildman–Crippen LogP) is 2.90. The van der Waals surface area contributed by atoms with Crippen LogP contribution in [0.4, 0.5) is 0 Å². The summed E-state index contributed by atoms with van der Waals surface area (Å²) in [6.45, 7) is 3.11. The number of thioether (sulfide) groups is 1. The van der Waals surface area contributed by atoms with Crippen molar-refractivity contribution in [3.05, 3.63) is 0 Å². The van der Waals surface area contributed by atoms with Gasteiger partial charge in [0.25, 0.3) is 0 Å². The number of carbonyl (C=O) groups is 1. The Bertz CT molecular complexity index is 240. The molecular formula is C13H25NO2S. The van der Waals surface area contributed by atoms with Crippen LogP contribution in [0.25, 0.3) is 0 Å². The lowest BCUT2D eigenvalue weighted by atomic mass is 9.88. The molecule has 2 N–H and O–H groups in total. The van der Waals surface area contributed by atoms with E-state index in [1.807, 2.05) is 11.8 Å². The van der Waals surface area contributed by atoms with Crippen LogP contribution in [0.5, 0.6) is 0 Å². The van der Waals surface area contributed by atoms with Crippen molar-refractivity contribution in [1.29, 1.82) is 0 Å².